The first-order valence-corrected chi connectivity index (χ1v) is 16.7. The first-order chi connectivity index (χ1) is 20.0. The summed E-state index contributed by atoms with van der Waals surface area (Å²) in [7, 11) is 0. The van der Waals surface area contributed by atoms with Gasteiger partial charge in [0.25, 0.3) is 0 Å². The second kappa shape index (κ2) is 17.7. The Morgan fingerprint density at radius 1 is 0.773 bits per heavy atom. The number of allylic oxidation sites excluding steroid dienone is 4. The number of aryl methyl sites for hydroxylation is 3. The molecule has 1 N–H and O–H groups in total. The molecule has 0 bridgehead atoms. The molecule has 0 amide bonds. The summed E-state index contributed by atoms with van der Waals surface area (Å²) in [5.74, 6) is 1.24. The Morgan fingerprint density at radius 3 is 1.41 bits per heavy atom. The van der Waals surface area contributed by atoms with Crippen molar-refractivity contribution in [2.75, 3.05) is 0 Å². The van der Waals surface area contributed by atoms with Crippen LogP contribution in [0.3, 0.4) is 0 Å². The van der Waals surface area contributed by atoms with E-state index in [1.807, 2.05) is 0 Å². The van der Waals surface area contributed by atoms with Gasteiger partial charge in [-0.25, -0.2) is 0 Å². The van der Waals surface area contributed by atoms with E-state index >= 15 is 0 Å². The number of hydrogen-bond acceptors (Lipinski definition) is 3. The monoisotopic (exact) mass is 606 g/mol. The van der Waals surface area contributed by atoms with E-state index in [-0.39, 0.29) is 22.2 Å². The molecule has 0 saturated carbocycles. The Labute approximate surface area is 272 Å². The van der Waals surface area contributed by atoms with Gasteiger partial charge in [-0.1, -0.05) is 163 Å². The van der Waals surface area contributed by atoms with Gasteiger partial charge in [0.05, 0.1) is 5.76 Å². The number of hydrogen-bond donors (Lipinski definition) is 1. The minimum absolute atomic E-state index is 0.0111. The highest BCUT2D eigenvalue weighted by Crippen LogP contribution is 2.40. The molecule has 0 fully saturated rings. The highest BCUT2D eigenvalue weighted by molar-refractivity contribution is 5.59. The number of nitrogens with zero attached hydrogens (tertiary/aromatic N) is 1. The van der Waals surface area contributed by atoms with Crippen molar-refractivity contribution < 1.29 is 5.11 Å². The van der Waals surface area contributed by atoms with E-state index in [0.717, 1.165) is 36.0 Å². The van der Waals surface area contributed by atoms with E-state index in [9.17, 15) is 10.0 Å². The average Bonchev–Trinajstić information content (AvgIpc) is 2.92. The number of aliphatic hydroxyl groups excluding tert-OH is 1. The normalized spacial score (nSPS) is 13.1. The minimum Gasteiger partial charge on any atom is -0.512 e. The molecule has 44 heavy (non-hydrogen) atoms. The van der Waals surface area contributed by atoms with Crippen LogP contribution < -0.4 is 0 Å². The Morgan fingerprint density at radius 2 is 1.16 bits per heavy atom. The fourth-order valence-electron chi connectivity index (χ4n) is 4.67. The lowest BCUT2D eigenvalue weighted by atomic mass is 9.77. The van der Waals surface area contributed by atoms with Crippen molar-refractivity contribution >= 4 is 5.69 Å². The van der Waals surface area contributed by atoms with Crippen LogP contribution in [0.15, 0.2) is 64.6 Å². The van der Waals surface area contributed by atoms with Crippen LogP contribution in [-0.4, -0.2) is 5.11 Å². The summed E-state index contributed by atoms with van der Waals surface area (Å²) in [6, 6.07) is 12.7. The van der Waals surface area contributed by atoms with Gasteiger partial charge in [-0.3, -0.25) is 0 Å². The van der Waals surface area contributed by atoms with Crippen molar-refractivity contribution in [3.63, 3.8) is 0 Å². The zero-order chi connectivity index (χ0) is 34.6. The lowest BCUT2D eigenvalue weighted by molar-refractivity contribution is 0.279. The molecule has 0 spiro atoms. The van der Waals surface area contributed by atoms with Crippen molar-refractivity contribution in [3.05, 3.63) is 92.1 Å². The number of aliphatic hydroxyl groups is 1. The summed E-state index contributed by atoms with van der Waals surface area (Å²) in [4.78, 5) is 11.3. The molecular formula is C41H67NO2. The second-order valence-corrected chi connectivity index (χ2v) is 15.7. The number of rotatable bonds is 7. The van der Waals surface area contributed by atoms with Gasteiger partial charge >= 0.3 is 0 Å². The molecule has 0 aliphatic carbocycles. The minimum atomic E-state index is -0.0611. The van der Waals surface area contributed by atoms with Gasteiger partial charge in [-0.15, -0.1) is 4.91 Å². The zero-order valence-corrected chi connectivity index (χ0v) is 31.6. The first-order valence-electron chi connectivity index (χ1n) is 16.7. The van der Waals surface area contributed by atoms with Crippen molar-refractivity contribution in [3.8, 4) is 0 Å². The summed E-state index contributed by atoms with van der Waals surface area (Å²) >= 11 is 0. The molecule has 3 heteroatoms. The molecule has 0 aromatic heterocycles. The maximum atomic E-state index is 11.3. The van der Waals surface area contributed by atoms with Crippen molar-refractivity contribution in [1.29, 1.82) is 0 Å². The molecule has 0 aliphatic heterocycles. The van der Waals surface area contributed by atoms with Gasteiger partial charge in [0.1, 0.15) is 5.69 Å². The second-order valence-electron chi connectivity index (χ2n) is 15.7. The predicted molar refractivity (Wildman–Crippen MR) is 196 cm³/mol. The van der Waals surface area contributed by atoms with Gasteiger partial charge in [0.15, 0.2) is 0 Å². The third-order valence-corrected chi connectivity index (χ3v) is 8.28. The summed E-state index contributed by atoms with van der Waals surface area (Å²) in [6.45, 7) is 36.4. The standard InChI is InChI=1S/C17H32O.C16H25NO.C8H10/c1-9-14(10-2)11-15(17(6,7)8)16(18)13(5)12(3)4;1-8-11-9-12(15(2,3)4)14(17-18)13(10-11)16(5,6)7;1-7-3-5-8(2)6-4-7/h11-13,18H,9-10H2,1-8H3;9-10H,8H2,1-7H3;3-6H,1-2H3/b16-15-;;. The summed E-state index contributed by atoms with van der Waals surface area (Å²) in [6.07, 6.45) is 5.30. The van der Waals surface area contributed by atoms with Crippen LogP contribution in [0.25, 0.3) is 0 Å². The third-order valence-electron chi connectivity index (χ3n) is 8.28. The SMILES string of the molecule is CCC(=C/C(=C(/O)C(C)C(C)C)C(C)(C)C)CC.CCc1cc(C(C)(C)C)c(N=O)c(C(C)(C)C)c1.Cc1ccc(C)cc1. The molecule has 0 radical (unpaired) electrons. The van der Waals surface area contributed by atoms with Gasteiger partial charge in [0, 0.05) is 5.92 Å². The summed E-state index contributed by atoms with van der Waals surface area (Å²) < 4.78 is 0. The van der Waals surface area contributed by atoms with E-state index < -0.39 is 0 Å². The molecule has 0 saturated heterocycles. The Kier molecular flexibility index (Phi) is 16.6. The fourth-order valence-corrected chi connectivity index (χ4v) is 4.67. The largest absolute Gasteiger partial charge is 0.512 e. The fraction of sp³-hybridized carbons (Fsp3) is 0.610. The summed E-state index contributed by atoms with van der Waals surface area (Å²) in [5, 5.41) is 13.9. The smallest absolute Gasteiger partial charge is 0.115 e. The van der Waals surface area contributed by atoms with Gasteiger partial charge in [-0.05, 0) is 82.7 Å². The van der Waals surface area contributed by atoms with E-state index in [4.69, 9.17) is 0 Å². The van der Waals surface area contributed by atoms with Crippen molar-refractivity contribution in [2.24, 2.45) is 22.4 Å². The number of nitroso groups, excluding NO2 is 1. The van der Waals surface area contributed by atoms with Gasteiger partial charge < -0.3 is 5.11 Å². The van der Waals surface area contributed by atoms with E-state index in [2.05, 4.69) is 165 Å². The molecule has 0 heterocycles. The molecular weight excluding hydrogens is 538 g/mol. The Balaban J connectivity index is 0.000000674. The van der Waals surface area contributed by atoms with Crippen LogP contribution in [0.4, 0.5) is 5.69 Å². The molecule has 3 nitrogen and oxygen atoms in total. The molecule has 1 unspecified atom stereocenters. The Hall–Kier alpha value is -2.68. The average molecular weight is 606 g/mol. The van der Waals surface area contributed by atoms with Crippen LogP contribution in [0, 0.1) is 36.0 Å². The zero-order valence-electron chi connectivity index (χ0n) is 31.6. The van der Waals surface area contributed by atoms with Crippen LogP contribution in [0.2, 0.25) is 0 Å². The van der Waals surface area contributed by atoms with E-state index in [1.54, 1.807) is 0 Å². The van der Waals surface area contributed by atoms with Gasteiger partial charge in [0.2, 0.25) is 0 Å². The third kappa shape index (κ3) is 13.5. The predicted octanol–water partition coefficient (Wildman–Crippen LogP) is 13.4. The van der Waals surface area contributed by atoms with Crippen LogP contribution in [0.1, 0.15) is 145 Å². The molecule has 1 atom stereocenters. The molecule has 2 aromatic rings. The summed E-state index contributed by atoms with van der Waals surface area (Å²) in [5.41, 5.74) is 9.05. The Bertz CT molecular complexity index is 1160. The first kappa shape index (κ1) is 41.3. The van der Waals surface area contributed by atoms with E-state index in [1.165, 1.54) is 22.3 Å². The number of benzene rings is 2. The van der Waals surface area contributed by atoms with Crippen LogP contribution in [-0.2, 0) is 17.3 Å². The van der Waals surface area contributed by atoms with Crippen LogP contribution >= 0.6 is 0 Å². The molecule has 248 valence electrons. The lowest BCUT2D eigenvalue weighted by Gasteiger charge is -2.28. The van der Waals surface area contributed by atoms with Crippen molar-refractivity contribution in [2.45, 2.75) is 148 Å². The topological polar surface area (TPSA) is 49.7 Å². The van der Waals surface area contributed by atoms with Gasteiger partial charge in [-0.2, -0.15) is 0 Å². The molecule has 2 rings (SSSR count). The highest BCUT2D eigenvalue weighted by atomic mass is 16.3. The quantitative estimate of drug-likeness (QED) is 0.194. The van der Waals surface area contributed by atoms with E-state index in [0.29, 0.717) is 17.4 Å². The molecule has 2 aromatic carbocycles. The lowest BCUT2D eigenvalue weighted by Crippen LogP contribution is -2.17. The van der Waals surface area contributed by atoms with Crippen LogP contribution in [0.5, 0.6) is 0 Å². The van der Waals surface area contributed by atoms with Crippen molar-refractivity contribution in [1.82, 2.24) is 0 Å². The highest BCUT2D eigenvalue weighted by Gasteiger charge is 2.27. The molecule has 0 aliphatic rings. The maximum Gasteiger partial charge on any atom is 0.115 e. The maximum absolute atomic E-state index is 11.3.